The second-order valence-electron chi connectivity index (χ2n) is 4.11. The first-order valence-corrected chi connectivity index (χ1v) is 5.79. The van der Waals surface area contributed by atoms with Crippen LogP contribution in [0.3, 0.4) is 0 Å². The van der Waals surface area contributed by atoms with Crippen molar-refractivity contribution in [3.05, 3.63) is 24.4 Å². The Kier molecular flexibility index (Phi) is 6.03. The first-order chi connectivity index (χ1) is 8.18. The van der Waals surface area contributed by atoms with Gasteiger partial charge in [0.05, 0.1) is 0 Å². The third-order valence-corrected chi connectivity index (χ3v) is 2.22. The minimum atomic E-state index is -0.200. The van der Waals surface area contributed by atoms with E-state index >= 15 is 0 Å². The van der Waals surface area contributed by atoms with Crippen LogP contribution in [-0.4, -0.2) is 43.1 Å². The topological polar surface area (TPSA) is 57.3 Å². The molecule has 17 heavy (non-hydrogen) atoms. The zero-order valence-electron chi connectivity index (χ0n) is 10.4. The second kappa shape index (κ2) is 7.62. The smallest absolute Gasteiger partial charge is 0.320 e. The molecule has 0 fully saturated rings. The van der Waals surface area contributed by atoms with Gasteiger partial charge in [-0.2, -0.15) is 0 Å². The van der Waals surface area contributed by atoms with Gasteiger partial charge in [-0.1, -0.05) is 6.07 Å². The first kappa shape index (κ1) is 13.4. The van der Waals surface area contributed by atoms with E-state index in [1.54, 1.807) is 12.3 Å². The summed E-state index contributed by atoms with van der Waals surface area (Å²) < 4.78 is 0. The van der Waals surface area contributed by atoms with Crippen molar-refractivity contribution >= 4 is 11.8 Å². The molecule has 0 saturated carbocycles. The van der Waals surface area contributed by atoms with Crippen LogP contribution >= 0.6 is 0 Å². The van der Waals surface area contributed by atoms with Crippen LogP contribution in [0.1, 0.15) is 12.8 Å². The number of carbonyl (C=O) groups excluding carboxylic acids is 1. The number of carbonyl (C=O) groups is 1. The predicted octanol–water partition coefficient (Wildman–Crippen LogP) is 1.54. The highest BCUT2D eigenvalue weighted by molar-refractivity contribution is 5.88. The fraction of sp³-hybridized carbons (Fsp3) is 0.500. The van der Waals surface area contributed by atoms with E-state index in [1.165, 1.54) is 0 Å². The maximum Gasteiger partial charge on any atom is 0.320 e. The van der Waals surface area contributed by atoms with Crippen LogP contribution in [0, 0.1) is 0 Å². The highest BCUT2D eigenvalue weighted by atomic mass is 16.2. The number of unbranched alkanes of at least 4 members (excludes halogenated alkanes) is 1. The van der Waals surface area contributed by atoms with Crippen LogP contribution < -0.4 is 10.6 Å². The lowest BCUT2D eigenvalue weighted by Gasteiger charge is -2.09. The van der Waals surface area contributed by atoms with E-state index in [-0.39, 0.29) is 6.03 Å². The normalized spacial score (nSPS) is 10.3. The lowest BCUT2D eigenvalue weighted by Crippen LogP contribution is -2.30. The van der Waals surface area contributed by atoms with E-state index in [2.05, 4.69) is 20.5 Å². The van der Waals surface area contributed by atoms with Crippen molar-refractivity contribution in [1.82, 2.24) is 15.2 Å². The van der Waals surface area contributed by atoms with Crippen molar-refractivity contribution < 1.29 is 4.79 Å². The molecule has 1 aromatic rings. The van der Waals surface area contributed by atoms with Gasteiger partial charge < -0.3 is 10.2 Å². The lowest BCUT2D eigenvalue weighted by molar-refractivity contribution is 0.251. The molecule has 94 valence electrons. The van der Waals surface area contributed by atoms with Gasteiger partial charge in [0.2, 0.25) is 0 Å². The molecule has 0 bridgehead atoms. The van der Waals surface area contributed by atoms with Crippen LogP contribution in [0.25, 0.3) is 0 Å². The highest BCUT2D eigenvalue weighted by Crippen LogP contribution is 1.98. The average Bonchev–Trinajstić information content (AvgIpc) is 2.29. The van der Waals surface area contributed by atoms with Gasteiger partial charge in [0, 0.05) is 12.7 Å². The molecule has 0 aliphatic heterocycles. The summed E-state index contributed by atoms with van der Waals surface area (Å²) in [5.74, 6) is 0.568. The van der Waals surface area contributed by atoms with Crippen molar-refractivity contribution in [1.29, 1.82) is 0 Å². The molecule has 2 amide bonds. The quantitative estimate of drug-likeness (QED) is 0.737. The van der Waals surface area contributed by atoms with E-state index in [1.807, 2.05) is 26.2 Å². The van der Waals surface area contributed by atoms with Gasteiger partial charge >= 0.3 is 6.03 Å². The van der Waals surface area contributed by atoms with Gasteiger partial charge in [0.15, 0.2) is 0 Å². The summed E-state index contributed by atoms with van der Waals surface area (Å²) in [7, 11) is 4.09. The van der Waals surface area contributed by atoms with Crippen LogP contribution in [0.5, 0.6) is 0 Å². The maximum absolute atomic E-state index is 11.4. The maximum atomic E-state index is 11.4. The minimum absolute atomic E-state index is 0.200. The predicted molar refractivity (Wildman–Crippen MR) is 69.0 cm³/mol. The van der Waals surface area contributed by atoms with Gasteiger partial charge in [-0.3, -0.25) is 5.32 Å². The van der Waals surface area contributed by atoms with E-state index in [4.69, 9.17) is 0 Å². The van der Waals surface area contributed by atoms with Crippen LogP contribution in [0.2, 0.25) is 0 Å². The molecule has 0 aromatic carbocycles. The molecule has 0 spiro atoms. The molecule has 5 heteroatoms. The molecule has 0 radical (unpaired) electrons. The number of pyridine rings is 1. The van der Waals surface area contributed by atoms with E-state index in [9.17, 15) is 4.79 Å². The molecule has 1 rings (SSSR count). The Morgan fingerprint density at radius 3 is 2.82 bits per heavy atom. The number of nitrogens with zero attached hydrogens (tertiary/aromatic N) is 2. The Bertz CT molecular complexity index is 327. The van der Waals surface area contributed by atoms with E-state index in [0.717, 1.165) is 19.4 Å². The Morgan fingerprint density at radius 2 is 2.18 bits per heavy atom. The van der Waals surface area contributed by atoms with Crippen LogP contribution in [-0.2, 0) is 0 Å². The number of rotatable bonds is 6. The van der Waals surface area contributed by atoms with Crippen molar-refractivity contribution in [3.8, 4) is 0 Å². The fourth-order valence-electron chi connectivity index (χ4n) is 1.35. The molecular formula is C12H20N4O. The SMILES string of the molecule is CN(C)CCCCNC(=O)Nc1ccccn1. The van der Waals surface area contributed by atoms with Crippen LogP contribution in [0.15, 0.2) is 24.4 Å². The monoisotopic (exact) mass is 236 g/mol. The number of amides is 2. The summed E-state index contributed by atoms with van der Waals surface area (Å²) in [4.78, 5) is 17.6. The summed E-state index contributed by atoms with van der Waals surface area (Å²) in [6.45, 7) is 1.73. The Labute approximate surface area is 102 Å². The van der Waals surface area contributed by atoms with E-state index in [0.29, 0.717) is 12.4 Å². The van der Waals surface area contributed by atoms with Gasteiger partial charge in [-0.05, 0) is 45.6 Å². The van der Waals surface area contributed by atoms with Crippen molar-refractivity contribution in [2.45, 2.75) is 12.8 Å². The molecule has 0 atom stereocenters. The summed E-state index contributed by atoms with van der Waals surface area (Å²) >= 11 is 0. The number of urea groups is 1. The van der Waals surface area contributed by atoms with Gasteiger partial charge in [0.1, 0.15) is 5.82 Å². The van der Waals surface area contributed by atoms with Crippen LogP contribution in [0.4, 0.5) is 10.6 Å². The molecule has 1 aromatic heterocycles. The minimum Gasteiger partial charge on any atom is -0.338 e. The van der Waals surface area contributed by atoms with Crippen molar-refractivity contribution in [2.75, 3.05) is 32.5 Å². The largest absolute Gasteiger partial charge is 0.338 e. The Morgan fingerprint density at radius 1 is 1.35 bits per heavy atom. The highest BCUT2D eigenvalue weighted by Gasteiger charge is 2.00. The molecule has 1 heterocycles. The standard InChI is InChI=1S/C12H20N4O/c1-16(2)10-6-5-9-14-12(17)15-11-7-3-4-8-13-11/h3-4,7-8H,5-6,9-10H2,1-2H3,(H2,13,14,15,17). The Hall–Kier alpha value is -1.62. The number of anilines is 1. The molecule has 0 aliphatic rings. The van der Waals surface area contributed by atoms with E-state index < -0.39 is 0 Å². The molecule has 0 saturated heterocycles. The third-order valence-electron chi connectivity index (χ3n) is 2.22. The Balaban J connectivity index is 2.10. The second-order valence-corrected chi connectivity index (χ2v) is 4.11. The summed E-state index contributed by atoms with van der Waals surface area (Å²) in [5, 5.41) is 5.47. The zero-order chi connectivity index (χ0) is 12.5. The number of nitrogens with one attached hydrogen (secondary N) is 2. The third kappa shape index (κ3) is 6.52. The number of hydrogen-bond donors (Lipinski definition) is 2. The average molecular weight is 236 g/mol. The zero-order valence-corrected chi connectivity index (χ0v) is 10.4. The summed E-state index contributed by atoms with van der Waals surface area (Å²) in [6.07, 6.45) is 3.71. The van der Waals surface area contributed by atoms with Gasteiger partial charge in [-0.25, -0.2) is 9.78 Å². The van der Waals surface area contributed by atoms with Gasteiger partial charge in [0.25, 0.3) is 0 Å². The summed E-state index contributed by atoms with van der Waals surface area (Å²) in [6, 6.07) is 5.20. The molecule has 2 N–H and O–H groups in total. The van der Waals surface area contributed by atoms with Crippen molar-refractivity contribution in [2.24, 2.45) is 0 Å². The fourth-order valence-corrected chi connectivity index (χ4v) is 1.35. The van der Waals surface area contributed by atoms with Crippen molar-refractivity contribution in [3.63, 3.8) is 0 Å². The molecule has 5 nitrogen and oxygen atoms in total. The number of aromatic nitrogens is 1. The molecule has 0 aliphatic carbocycles. The van der Waals surface area contributed by atoms with Gasteiger partial charge in [-0.15, -0.1) is 0 Å². The number of hydrogen-bond acceptors (Lipinski definition) is 3. The molecular weight excluding hydrogens is 216 g/mol. The first-order valence-electron chi connectivity index (χ1n) is 5.79. The molecule has 0 unspecified atom stereocenters. The lowest BCUT2D eigenvalue weighted by atomic mass is 10.3. The summed E-state index contributed by atoms with van der Waals surface area (Å²) in [5.41, 5.74) is 0.